The van der Waals surface area contributed by atoms with Gasteiger partial charge in [0.25, 0.3) is 0 Å². The van der Waals surface area contributed by atoms with Crippen LogP contribution >= 0.6 is 12.4 Å². The monoisotopic (exact) mass is 379 g/mol. The largest absolute Gasteiger partial charge is 0.338 e. The number of hydrogen-bond acceptors (Lipinski definition) is 3. The van der Waals surface area contributed by atoms with Gasteiger partial charge in [0.15, 0.2) is 0 Å². The Balaban J connectivity index is 0.00000243. The molecule has 0 saturated carbocycles. The summed E-state index contributed by atoms with van der Waals surface area (Å²) in [5.74, 6) is 0.495. The summed E-state index contributed by atoms with van der Waals surface area (Å²) in [7, 11) is 0. The fourth-order valence-corrected chi connectivity index (χ4v) is 4.13. The second kappa shape index (κ2) is 8.40. The van der Waals surface area contributed by atoms with E-state index in [1.807, 2.05) is 36.9 Å². The zero-order chi connectivity index (χ0) is 18.1. The molecule has 2 aliphatic rings. The molecule has 0 aromatic heterocycles. The molecule has 26 heavy (non-hydrogen) atoms. The van der Waals surface area contributed by atoms with Crippen LogP contribution in [0.2, 0.25) is 0 Å². The number of halogens is 1. The lowest BCUT2D eigenvalue weighted by molar-refractivity contribution is -0.139. The summed E-state index contributed by atoms with van der Waals surface area (Å²) in [6.07, 6.45) is 2.28. The van der Waals surface area contributed by atoms with Gasteiger partial charge in [-0.15, -0.1) is 12.4 Å². The van der Waals surface area contributed by atoms with E-state index in [9.17, 15) is 9.59 Å². The third kappa shape index (κ3) is 3.89. The van der Waals surface area contributed by atoms with Crippen LogP contribution in [0, 0.1) is 25.7 Å². The van der Waals surface area contributed by atoms with Crippen LogP contribution in [0.25, 0.3) is 0 Å². The number of hydrogen-bond donors (Lipinski definition) is 1. The molecule has 0 aliphatic carbocycles. The molecule has 2 amide bonds. The Bertz CT molecular complexity index is 679. The van der Waals surface area contributed by atoms with Crippen molar-refractivity contribution in [3.05, 3.63) is 29.3 Å². The van der Waals surface area contributed by atoms with Crippen LogP contribution in [-0.4, -0.2) is 42.4 Å². The van der Waals surface area contributed by atoms with E-state index in [4.69, 9.17) is 5.73 Å². The summed E-state index contributed by atoms with van der Waals surface area (Å²) in [6.45, 7) is 8.02. The number of piperidine rings is 1. The lowest BCUT2D eigenvalue weighted by Gasteiger charge is -2.39. The summed E-state index contributed by atoms with van der Waals surface area (Å²) >= 11 is 0. The molecule has 1 aromatic rings. The number of nitrogens with two attached hydrogens (primary N) is 1. The number of nitrogens with zero attached hydrogens (tertiary/aromatic N) is 2. The lowest BCUT2D eigenvalue weighted by atomic mass is 9.91. The Morgan fingerprint density at radius 2 is 2.04 bits per heavy atom. The smallest absolute Gasteiger partial charge is 0.228 e. The minimum atomic E-state index is -0.255. The van der Waals surface area contributed by atoms with Crippen LogP contribution in [0.4, 0.5) is 5.69 Å². The van der Waals surface area contributed by atoms with Crippen molar-refractivity contribution in [3.63, 3.8) is 0 Å². The summed E-state index contributed by atoms with van der Waals surface area (Å²) in [4.78, 5) is 29.3. The zero-order valence-corrected chi connectivity index (χ0v) is 16.7. The van der Waals surface area contributed by atoms with Crippen LogP contribution in [0.5, 0.6) is 0 Å². The van der Waals surface area contributed by atoms with Crippen molar-refractivity contribution in [2.24, 2.45) is 17.6 Å². The highest BCUT2D eigenvalue weighted by Gasteiger charge is 2.40. The standard InChI is InChI=1S/C20H29N3O2.ClH/c1-13-7-8-22(17(9-13)11-21)20(25)16-10-19(24)23(12-16)18-6-4-5-14(2)15(18)3;/h4-6,13,16-17H,7-12,21H2,1-3H3;1H. The van der Waals surface area contributed by atoms with Gasteiger partial charge in [-0.25, -0.2) is 0 Å². The first-order chi connectivity index (χ1) is 11.9. The lowest BCUT2D eigenvalue weighted by Crippen LogP contribution is -2.51. The van der Waals surface area contributed by atoms with Crippen molar-refractivity contribution in [3.8, 4) is 0 Å². The maximum Gasteiger partial charge on any atom is 0.228 e. The molecule has 0 radical (unpaired) electrons. The molecule has 5 nitrogen and oxygen atoms in total. The molecule has 2 saturated heterocycles. The Morgan fingerprint density at radius 3 is 2.73 bits per heavy atom. The normalized spacial score (nSPS) is 26.0. The molecule has 0 spiro atoms. The van der Waals surface area contributed by atoms with Crippen LogP contribution in [-0.2, 0) is 9.59 Å². The number of anilines is 1. The molecule has 3 rings (SSSR count). The van der Waals surface area contributed by atoms with Crippen LogP contribution in [0.3, 0.4) is 0 Å². The Hall–Kier alpha value is -1.59. The molecule has 2 fully saturated rings. The number of benzene rings is 1. The molecule has 2 heterocycles. The fourth-order valence-electron chi connectivity index (χ4n) is 4.13. The van der Waals surface area contributed by atoms with Gasteiger partial charge in [0, 0.05) is 37.8 Å². The highest BCUT2D eigenvalue weighted by atomic mass is 35.5. The summed E-state index contributed by atoms with van der Waals surface area (Å²) in [5.41, 5.74) is 9.10. The maximum atomic E-state index is 13.0. The molecule has 2 N–H and O–H groups in total. The number of amides is 2. The van der Waals surface area contributed by atoms with Gasteiger partial charge in [-0.3, -0.25) is 9.59 Å². The highest BCUT2D eigenvalue weighted by molar-refractivity contribution is 6.01. The van der Waals surface area contributed by atoms with Crippen LogP contribution < -0.4 is 10.6 Å². The zero-order valence-electron chi connectivity index (χ0n) is 15.9. The topological polar surface area (TPSA) is 66.6 Å². The van der Waals surface area contributed by atoms with E-state index >= 15 is 0 Å². The summed E-state index contributed by atoms with van der Waals surface area (Å²) in [6, 6.07) is 6.10. The average Bonchev–Trinajstić information content (AvgIpc) is 2.98. The first kappa shape index (κ1) is 20.7. The van der Waals surface area contributed by atoms with Gasteiger partial charge in [0.05, 0.1) is 5.92 Å². The van der Waals surface area contributed by atoms with Gasteiger partial charge in [-0.1, -0.05) is 19.1 Å². The highest BCUT2D eigenvalue weighted by Crippen LogP contribution is 2.32. The van der Waals surface area contributed by atoms with E-state index < -0.39 is 0 Å². The van der Waals surface area contributed by atoms with E-state index in [-0.39, 0.29) is 36.2 Å². The van der Waals surface area contributed by atoms with E-state index in [0.717, 1.165) is 36.2 Å². The SMILES string of the molecule is Cc1cccc(N2CC(C(=O)N3CCC(C)CC3CN)CC2=O)c1C.Cl. The van der Waals surface area contributed by atoms with E-state index in [0.29, 0.717) is 25.4 Å². The minimum Gasteiger partial charge on any atom is -0.338 e. The average molecular weight is 380 g/mol. The molecular formula is C20H30ClN3O2. The van der Waals surface area contributed by atoms with Crippen molar-refractivity contribution < 1.29 is 9.59 Å². The maximum absolute atomic E-state index is 13.0. The molecule has 0 bridgehead atoms. The predicted molar refractivity (Wildman–Crippen MR) is 107 cm³/mol. The van der Waals surface area contributed by atoms with Crippen molar-refractivity contribution in [1.82, 2.24) is 4.90 Å². The second-order valence-electron chi connectivity index (χ2n) is 7.68. The number of carbonyl (C=O) groups excluding carboxylic acids is 2. The van der Waals surface area contributed by atoms with Crippen molar-refractivity contribution >= 4 is 29.9 Å². The molecular weight excluding hydrogens is 350 g/mol. The van der Waals surface area contributed by atoms with Gasteiger partial charge in [0.2, 0.25) is 11.8 Å². The van der Waals surface area contributed by atoms with Crippen LogP contribution in [0.15, 0.2) is 18.2 Å². The van der Waals surface area contributed by atoms with E-state index in [2.05, 4.69) is 6.92 Å². The Morgan fingerprint density at radius 1 is 1.31 bits per heavy atom. The van der Waals surface area contributed by atoms with Gasteiger partial charge in [0.1, 0.15) is 0 Å². The molecule has 3 atom stereocenters. The first-order valence-corrected chi connectivity index (χ1v) is 9.29. The molecule has 144 valence electrons. The summed E-state index contributed by atoms with van der Waals surface area (Å²) < 4.78 is 0. The third-order valence-electron chi connectivity index (χ3n) is 5.87. The number of carbonyl (C=O) groups is 2. The number of rotatable bonds is 3. The molecule has 2 aliphatic heterocycles. The van der Waals surface area contributed by atoms with Crippen LogP contribution in [0.1, 0.15) is 37.3 Å². The number of likely N-dealkylation sites (tertiary alicyclic amines) is 1. The van der Waals surface area contributed by atoms with Crippen molar-refractivity contribution in [2.45, 2.75) is 46.1 Å². The molecule has 6 heteroatoms. The van der Waals surface area contributed by atoms with Gasteiger partial charge in [-0.05, 0) is 49.8 Å². The second-order valence-corrected chi connectivity index (χ2v) is 7.68. The quantitative estimate of drug-likeness (QED) is 0.877. The van der Waals surface area contributed by atoms with E-state index in [1.165, 1.54) is 0 Å². The van der Waals surface area contributed by atoms with Crippen molar-refractivity contribution in [1.29, 1.82) is 0 Å². The molecule has 1 aromatic carbocycles. The van der Waals surface area contributed by atoms with Crippen molar-refractivity contribution in [2.75, 3.05) is 24.5 Å². The first-order valence-electron chi connectivity index (χ1n) is 9.29. The van der Waals surface area contributed by atoms with E-state index in [1.54, 1.807) is 4.90 Å². The third-order valence-corrected chi connectivity index (χ3v) is 5.87. The predicted octanol–water partition coefficient (Wildman–Crippen LogP) is 2.66. The minimum absolute atomic E-state index is 0. The fraction of sp³-hybridized carbons (Fsp3) is 0.600. The van der Waals surface area contributed by atoms with Gasteiger partial charge in [-0.2, -0.15) is 0 Å². The molecule has 3 unspecified atom stereocenters. The number of aryl methyl sites for hydroxylation is 1. The Kier molecular flexibility index (Phi) is 6.69. The van der Waals surface area contributed by atoms with Gasteiger partial charge < -0.3 is 15.5 Å². The summed E-state index contributed by atoms with van der Waals surface area (Å²) in [5, 5.41) is 0. The Labute approximate surface area is 162 Å². The van der Waals surface area contributed by atoms with Gasteiger partial charge >= 0.3 is 0 Å².